The zero-order valence-electron chi connectivity index (χ0n) is 18.0. The molecule has 0 spiro atoms. The molecule has 1 N–H and O–H groups in total. The number of nitrogens with zero attached hydrogens (tertiary/aromatic N) is 3. The van der Waals surface area contributed by atoms with Gasteiger partial charge in [0.05, 0.1) is 22.7 Å². The summed E-state index contributed by atoms with van der Waals surface area (Å²) >= 11 is 0. The van der Waals surface area contributed by atoms with Crippen LogP contribution in [0.4, 0.5) is 5.69 Å². The first-order valence-corrected chi connectivity index (χ1v) is 10.6. The molecule has 0 saturated carbocycles. The van der Waals surface area contributed by atoms with Crippen LogP contribution in [0.1, 0.15) is 48.7 Å². The molecular formula is C24H24N4O4. The third kappa shape index (κ3) is 4.02. The molecule has 1 aliphatic heterocycles. The number of hydrogen-bond donors (Lipinski definition) is 1. The number of rotatable bonds is 4. The number of aromatic nitrogens is 1. The van der Waals surface area contributed by atoms with E-state index in [0.717, 1.165) is 0 Å². The number of hydrogen-bond acceptors (Lipinski definition) is 5. The predicted octanol–water partition coefficient (Wildman–Crippen LogP) is 3.54. The molecule has 1 aromatic heterocycles. The highest BCUT2D eigenvalue weighted by Crippen LogP contribution is 2.24. The van der Waals surface area contributed by atoms with Gasteiger partial charge in [0.15, 0.2) is 5.58 Å². The Morgan fingerprint density at radius 2 is 1.88 bits per heavy atom. The van der Waals surface area contributed by atoms with Gasteiger partial charge in [-0.2, -0.15) is 5.26 Å². The summed E-state index contributed by atoms with van der Waals surface area (Å²) in [6, 6.07) is 14.0. The fourth-order valence-electron chi connectivity index (χ4n) is 4.13. The molecule has 1 saturated heterocycles. The zero-order valence-corrected chi connectivity index (χ0v) is 18.0. The lowest BCUT2D eigenvalue weighted by Gasteiger charge is -2.31. The van der Waals surface area contributed by atoms with Crippen LogP contribution in [-0.4, -0.2) is 34.4 Å². The number of amides is 2. The first-order valence-electron chi connectivity index (χ1n) is 10.6. The highest BCUT2D eigenvalue weighted by atomic mass is 16.4. The minimum Gasteiger partial charge on any atom is -0.408 e. The Hall–Kier alpha value is -3.86. The quantitative estimate of drug-likeness (QED) is 0.678. The number of nitriles is 1. The van der Waals surface area contributed by atoms with E-state index in [2.05, 4.69) is 11.4 Å². The number of benzene rings is 2. The fraction of sp³-hybridized carbons (Fsp3) is 0.333. The first kappa shape index (κ1) is 21.4. The topological polar surface area (TPSA) is 108 Å². The Labute approximate surface area is 185 Å². The zero-order chi connectivity index (χ0) is 22.8. The molecule has 0 aliphatic carbocycles. The van der Waals surface area contributed by atoms with Crippen molar-refractivity contribution in [2.45, 2.75) is 32.7 Å². The van der Waals surface area contributed by atoms with Crippen molar-refractivity contribution in [3.05, 3.63) is 64.1 Å². The number of carbonyl (C=O) groups excluding carboxylic acids is 2. The summed E-state index contributed by atoms with van der Waals surface area (Å²) in [6.07, 6.45) is 1.07. The van der Waals surface area contributed by atoms with Crippen LogP contribution in [0.2, 0.25) is 0 Å². The second-order valence-electron chi connectivity index (χ2n) is 8.23. The molecule has 0 radical (unpaired) electrons. The summed E-state index contributed by atoms with van der Waals surface area (Å²) in [7, 11) is 0. The Bertz CT molecular complexity index is 1270. The lowest BCUT2D eigenvalue weighted by atomic mass is 9.95. The molecule has 2 heterocycles. The third-order valence-electron chi connectivity index (χ3n) is 5.83. The van der Waals surface area contributed by atoms with E-state index < -0.39 is 5.76 Å². The number of fused-ring (bicyclic) bond motifs is 1. The average Bonchev–Trinajstić information content (AvgIpc) is 3.13. The standard InChI is InChI=1S/C24H24N4O4/c1-15(2)28-20-8-7-18(13-21(20)32-24(28)31)26-22(29)16-9-11-27(12-10-16)23(30)19-6-4-3-5-17(19)14-25/h3-8,13,15-16H,9-12H2,1-2H3,(H,26,29). The van der Waals surface area contributed by atoms with Crippen LogP contribution in [0.3, 0.4) is 0 Å². The molecule has 0 atom stereocenters. The Morgan fingerprint density at radius 3 is 2.56 bits per heavy atom. The van der Waals surface area contributed by atoms with Crippen molar-refractivity contribution in [2.75, 3.05) is 18.4 Å². The van der Waals surface area contributed by atoms with Crippen LogP contribution in [0.5, 0.6) is 0 Å². The molecule has 1 fully saturated rings. The second kappa shape index (κ2) is 8.71. The highest BCUT2D eigenvalue weighted by molar-refractivity contribution is 5.97. The van der Waals surface area contributed by atoms with Crippen molar-refractivity contribution in [3.8, 4) is 6.07 Å². The van der Waals surface area contributed by atoms with E-state index in [1.54, 1.807) is 51.9 Å². The molecule has 4 rings (SSSR count). The second-order valence-corrected chi connectivity index (χ2v) is 8.23. The van der Waals surface area contributed by atoms with E-state index in [1.165, 1.54) is 0 Å². The SMILES string of the molecule is CC(C)n1c(=O)oc2cc(NC(=O)C3CCN(C(=O)c4ccccc4C#N)CC3)ccc21. The maximum atomic E-state index is 12.8. The van der Waals surface area contributed by atoms with Gasteiger partial charge in [-0.3, -0.25) is 14.2 Å². The minimum absolute atomic E-state index is 0.0304. The van der Waals surface area contributed by atoms with E-state index in [-0.39, 0.29) is 23.8 Å². The molecule has 2 aromatic carbocycles. The minimum atomic E-state index is -0.423. The third-order valence-corrected chi connectivity index (χ3v) is 5.83. The number of likely N-dealkylation sites (tertiary alicyclic amines) is 1. The molecule has 8 heteroatoms. The molecule has 0 unspecified atom stereocenters. The molecule has 8 nitrogen and oxygen atoms in total. The van der Waals surface area contributed by atoms with Crippen molar-refractivity contribution < 1.29 is 14.0 Å². The van der Waals surface area contributed by atoms with Crippen LogP contribution >= 0.6 is 0 Å². The smallest absolute Gasteiger partial charge is 0.408 e. The highest BCUT2D eigenvalue weighted by Gasteiger charge is 2.29. The lowest BCUT2D eigenvalue weighted by molar-refractivity contribution is -0.121. The Morgan fingerprint density at radius 1 is 1.16 bits per heavy atom. The molecule has 0 bridgehead atoms. The Kier molecular flexibility index (Phi) is 5.82. The maximum absolute atomic E-state index is 12.8. The fourth-order valence-corrected chi connectivity index (χ4v) is 4.13. The van der Waals surface area contributed by atoms with Crippen LogP contribution < -0.4 is 11.1 Å². The van der Waals surface area contributed by atoms with Crippen LogP contribution in [0.15, 0.2) is 51.7 Å². The van der Waals surface area contributed by atoms with Gasteiger partial charge in [-0.25, -0.2) is 4.79 Å². The summed E-state index contributed by atoms with van der Waals surface area (Å²) in [4.78, 5) is 39.3. The summed E-state index contributed by atoms with van der Waals surface area (Å²) in [5.74, 6) is -0.961. The Balaban J connectivity index is 1.40. The number of piperidine rings is 1. The molecule has 32 heavy (non-hydrogen) atoms. The molecule has 1 aliphatic rings. The van der Waals surface area contributed by atoms with E-state index in [1.807, 2.05) is 13.8 Å². The largest absolute Gasteiger partial charge is 0.420 e. The summed E-state index contributed by atoms with van der Waals surface area (Å²) in [5, 5.41) is 12.1. The van der Waals surface area contributed by atoms with E-state index in [0.29, 0.717) is 53.8 Å². The van der Waals surface area contributed by atoms with Gasteiger partial charge in [0.2, 0.25) is 5.91 Å². The van der Waals surface area contributed by atoms with Crippen molar-refractivity contribution >= 4 is 28.6 Å². The molecule has 2 amide bonds. The van der Waals surface area contributed by atoms with Crippen molar-refractivity contribution in [1.29, 1.82) is 5.26 Å². The predicted molar refractivity (Wildman–Crippen MR) is 119 cm³/mol. The lowest BCUT2D eigenvalue weighted by Crippen LogP contribution is -2.41. The van der Waals surface area contributed by atoms with Gasteiger partial charge in [-0.1, -0.05) is 12.1 Å². The molecule has 3 aromatic rings. The van der Waals surface area contributed by atoms with Gasteiger partial charge < -0.3 is 14.6 Å². The van der Waals surface area contributed by atoms with Crippen molar-refractivity contribution in [2.24, 2.45) is 5.92 Å². The molecule has 164 valence electrons. The average molecular weight is 432 g/mol. The van der Waals surface area contributed by atoms with Gasteiger partial charge in [0.1, 0.15) is 0 Å². The van der Waals surface area contributed by atoms with Gasteiger partial charge in [0, 0.05) is 36.8 Å². The number of oxazole rings is 1. The number of nitrogens with one attached hydrogen (secondary N) is 1. The maximum Gasteiger partial charge on any atom is 0.420 e. The van der Waals surface area contributed by atoms with E-state index in [4.69, 9.17) is 4.42 Å². The van der Waals surface area contributed by atoms with Gasteiger partial charge >= 0.3 is 5.76 Å². The van der Waals surface area contributed by atoms with Crippen molar-refractivity contribution in [3.63, 3.8) is 0 Å². The van der Waals surface area contributed by atoms with Gasteiger partial charge in [-0.15, -0.1) is 0 Å². The van der Waals surface area contributed by atoms with E-state index in [9.17, 15) is 19.6 Å². The molecular weight excluding hydrogens is 408 g/mol. The van der Waals surface area contributed by atoms with Crippen LogP contribution in [-0.2, 0) is 4.79 Å². The number of carbonyl (C=O) groups is 2. The first-order chi connectivity index (χ1) is 15.4. The van der Waals surface area contributed by atoms with Crippen LogP contribution in [0.25, 0.3) is 11.1 Å². The van der Waals surface area contributed by atoms with Crippen LogP contribution in [0, 0.1) is 17.2 Å². The van der Waals surface area contributed by atoms with Gasteiger partial charge in [0.25, 0.3) is 5.91 Å². The monoisotopic (exact) mass is 432 g/mol. The van der Waals surface area contributed by atoms with Gasteiger partial charge in [-0.05, 0) is 51.0 Å². The number of anilines is 1. The summed E-state index contributed by atoms with van der Waals surface area (Å²) < 4.78 is 6.89. The summed E-state index contributed by atoms with van der Waals surface area (Å²) in [5.41, 5.74) is 2.42. The van der Waals surface area contributed by atoms with E-state index >= 15 is 0 Å². The van der Waals surface area contributed by atoms with Crippen molar-refractivity contribution in [1.82, 2.24) is 9.47 Å². The summed E-state index contributed by atoms with van der Waals surface area (Å²) in [6.45, 7) is 4.70. The normalized spacial score (nSPS) is 14.5.